The van der Waals surface area contributed by atoms with Crippen LogP contribution in [0, 0.1) is 0 Å². The fourth-order valence-corrected chi connectivity index (χ4v) is 10.7. The van der Waals surface area contributed by atoms with Crippen LogP contribution in [0.15, 0.2) is 182 Å². The van der Waals surface area contributed by atoms with E-state index < -0.39 is 24.3 Å². The van der Waals surface area contributed by atoms with Gasteiger partial charge in [-0.15, -0.1) is 0 Å². The number of hydrogen-bond donors (Lipinski definition) is 0. The summed E-state index contributed by atoms with van der Waals surface area (Å²) in [7, 11) is 5.93. The summed E-state index contributed by atoms with van der Waals surface area (Å²) in [5.41, 5.74) is 0. The van der Waals surface area contributed by atoms with Gasteiger partial charge in [0.1, 0.15) is 13.2 Å². The summed E-state index contributed by atoms with van der Waals surface area (Å²) in [5.74, 6) is -2.29. The molecule has 2 atom stereocenters. The zero-order valence-corrected chi connectivity index (χ0v) is 64.0. The van der Waals surface area contributed by atoms with Gasteiger partial charge in [-0.2, -0.15) is 0 Å². The molecule has 0 aliphatic heterocycles. The van der Waals surface area contributed by atoms with Crippen molar-refractivity contribution in [2.75, 3.05) is 47.5 Å². The minimum Gasteiger partial charge on any atom is -0.545 e. The molecule has 0 fully saturated rings. The highest BCUT2D eigenvalue weighted by atomic mass is 16.7. The zero-order valence-electron chi connectivity index (χ0n) is 64.0. The average Bonchev–Trinajstić information content (AvgIpc) is 2.62. The first-order chi connectivity index (χ1) is 48.6. The van der Waals surface area contributed by atoms with Gasteiger partial charge >= 0.3 is 11.9 Å². The molecule has 2 unspecified atom stereocenters. The molecule has 0 rings (SSSR count). The number of unbranched alkanes of at least 4 members (excludes halogenated alkanes) is 27. The van der Waals surface area contributed by atoms with Crippen molar-refractivity contribution in [3.05, 3.63) is 182 Å². The van der Waals surface area contributed by atoms with Crippen molar-refractivity contribution in [2.24, 2.45) is 0 Å². The molecular weight excluding hydrogens is 1220 g/mol. The van der Waals surface area contributed by atoms with Crippen molar-refractivity contribution in [1.82, 2.24) is 0 Å². The molecule has 0 aliphatic carbocycles. The predicted molar refractivity (Wildman–Crippen MR) is 425 cm³/mol. The lowest BCUT2D eigenvalue weighted by Gasteiger charge is -2.26. The molecule has 560 valence electrons. The Labute approximate surface area is 609 Å². The number of carboxylic acids is 1. The third-order valence-corrected chi connectivity index (χ3v) is 16.6. The molecule has 0 saturated carbocycles. The van der Waals surface area contributed by atoms with E-state index >= 15 is 0 Å². The van der Waals surface area contributed by atoms with Crippen molar-refractivity contribution in [1.29, 1.82) is 0 Å². The van der Waals surface area contributed by atoms with Crippen LogP contribution in [-0.2, 0) is 33.3 Å². The first-order valence-electron chi connectivity index (χ1n) is 39.9. The lowest BCUT2D eigenvalue weighted by Crippen LogP contribution is -2.44. The summed E-state index contributed by atoms with van der Waals surface area (Å²) >= 11 is 0. The maximum absolute atomic E-state index is 13.0. The minimum atomic E-state index is -1.63. The van der Waals surface area contributed by atoms with Crippen molar-refractivity contribution in [3.8, 4) is 0 Å². The second kappa shape index (κ2) is 78.1. The second-order valence-corrected chi connectivity index (χ2v) is 27.2. The number of carbonyl (C=O) groups is 3. The predicted octanol–water partition coefficient (Wildman–Crippen LogP) is 24.6. The summed E-state index contributed by atoms with van der Waals surface area (Å²) in [6.07, 6.45) is 116. The highest BCUT2D eigenvalue weighted by Crippen LogP contribution is 2.17. The monoisotopic (exact) mass is 1370 g/mol. The summed E-state index contributed by atoms with van der Waals surface area (Å²) in [4.78, 5) is 37.6. The molecule has 9 heteroatoms. The van der Waals surface area contributed by atoms with E-state index in [-0.39, 0.29) is 38.6 Å². The van der Waals surface area contributed by atoms with E-state index in [0.717, 1.165) is 148 Å². The van der Waals surface area contributed by atoms with Crippen LogP contribution in [0.3, 0.4) is 0 Å². The number of allylic oxidation sites excluding steroid dienone is 30. The Hall–Kier alpha value is -5.61. The number of likely N-dealkylation sites (N-methyl/N-ethyl adjacent to an activating group) is 1. The second-order valence-electron chi connectivity index (χ2n) is 27.2. The van der Waals surface area contributed by atoms with E-state index in [4.69, 9.17) is 18.9 Å². The van der Waals surface area contributed by atoms with Crippen LogP contribution in [0.5, 0.6) is 0 Å². The Morgan fingerprint density at radius 3 is 0.808 bits per heavy atom. The van der Waals surface area contributed by atoms with Gasteiger partial charge in [0.05, 0.1) is 40.3 Å². The molecule has 99 heavy (non-hydrogen) atoms. The number of carbonyl (C=O) groups excluding carboxylic acids is 3. The minimum absolute atomic E-state index is 0.140. The number of quaternary nitrogens is 1. The van der Waals surface area contributed by atoms with Gasteiger partial charge in [0.2, 0.25) is 0 Å². The molecule has 0 aromatic heterocycles. The Kier molecular flexibility index (Phi) is 73.7. The molecule has 0 aliphatic rings. The van der Waals surface area contributed by atoms with Gasteiger partial charge in [0, 0.05) is 12.8 Å². The number of aliphatic carboxylic acids is 1. The average molecular weight is 1370 g/mol. The number of esters is 2. The van der Waals surface area contributed by atoms with Crippen LogP contribution in [0.1, 0.15) is 309 Å². The number of rotatable bonds is 72. The van der Waals surface area contributed by atoms with Crippen LogP contribution >= 0.6 is 0 Å². The van der Waals surface area contributed by atoms with Crippen LogP contribution < -0.4 is 5.11 Å². The summed E-state index contributed by atoms with van der Waals surface area (Å²) in [6, 6.07) is 0. The van der Waals surface area contributed by atoms with Gasteiger partial charge in [-0.3, -0.25) is 9.59 Å². The van der Waals surface area contributed by atoms with Crippen molar-refractivity contribution in [2.45, 2.75) is 322 Å². The Morgan fingerprint density at radius 2 is 0.545 bits per heavy atom. The number of nitrogens with zero attached hydrogens (tertiary/aromatic N) is 1. The molecule has 0 N–H and O–H groups in total. The van der Waals surface area contributed by atoms with Gasteiger partial charge in [-0.05, 0) is 135 Å². The quantitative estimate of drug-likeness (QED) is 0.0195. The maximum atomic E-state index is 13.0. The van der Waals surface area contributed by atoms with E-state index in [1.807, 2.05) is 21.1 Å². The van der Waals surface area contributed by atoms with Gasteiger partial charge in [-0.1, -0.05) is 344 Å². The first-order valence-corrected chi connectivity index (χ1v) is 39.9. The number of hydrogen-bond acceptors (Lipinski definition) is 8. The Morgan fingerprint density at radius 1 is 0.303 bits per heavy atom. The molecule has 0 spiro atoms. The van der Waals surface area contributed by atoms with Gasteiger partial charge in [-0.25, -0.2) is 0 Å². The highest BCUT2D eigenvalue weighted by Gasteiger charge is 2.22. The molecule has 0 radical (unpaired) electrons. The number of carboxylic acid groups (broad SMARTS) is 1. The third kappa shape index (κ3) is 79.6. The van der Waals surface area contributed by atoms with E-state index in [1.165, 1.54) is 128 Å². The van der Waals surface area contributed by atoms with Crippen LogP contribution in [0.2, 0.25) is 0 Å². The Balaban J connectivity index is 4.08. The normalized spacial score (nSPS) is 13.7. The molecule has 0 aromatic carbocycles. The lowest BCUT2D eigenvalue weighted by molar-refractivity contribution is -0.870. The van der Waals surface area contributed by atoms with Crippen LogP contribution in [0.4, 0.5) is 0 Å². The fourth-order valence-electron chi connectivity index (χ4n) is 10.7. The fraction of sp³-hybridized carbons (Fsp3) is 0.633. The number of ether oxygens (including phenoxy) is 4. The van der Waals surface area contributed by atoms with Crippen molar-refractivity contribution >= 4 is 17.9 Å². The molecule has 0 heterocycles. The van der Waals surface area contributed by atoms with Crippen molar-refractivity contribution < 1.29 is 42.9 Å². The smallest absolute Gasteiger partial charge is 0.306 e. The largest absolute Gasteiger partial charge is 0.545 e. The molecule has 0 saturated heterocycles. The summed E-state index contributed by atoms with van der Waals surface area (Å²) < 4.78 is 22.9. The van der Waals surface area contributed by atoms with Gasteiger partial charge in [0.15, 0.2) is 12.4 Å². The zero-order chi connectivity index (χ0) is 71.8. The molecule has 0 bridgehead atoms. The SMILES string of the molecule is CC/C=C\C/C=C\C/C=C\C/C=C\C/C=C\C/C=C\C/C=C\C/C=C\CCCCCCCCCCCCCCCCCCC(=O)OC(COC(=O)CCCCCCCCCCCCC/C=C\C/C=C\C/C=C\C/C=C\C/C=C\C/C=C\C/C=C\CC)COC(OCC[N+](C)(C)C)C(=O)[O-]. The van der Waals surface area contributed by atoms with Gasteiger partial charge in [0.25, 0.3) is 0 Å². The maximum Gasteiger partial charge on any atom is 0.306 e. The molecule has 0 amide bonds. The molecule has 9 nitrogen and oxygen atoms in total. The Bertz CT molecular complexity index is 2290. The molecule has 0 aromatic rings. The topological polar surface area (TPSA) is 111 Å². The summed E-state index contributed by atoms with van der Waals surface area (Å²) in [6.45, 7) is 4.52. The van der Waals surface area contributed by atoms with E-state index in [0.29, 0.717) is 17.4 Å². The van der Waals surface area contributed by atoms with Crippen molar-refractivity contribution in [3.63, 3.8) is 0 Å². The van der Waals surface area contributed by atoms with E-state index in [9.17, 15) is 19.5 Å². The first kappa shape index (κ1) is 93.4. The van der Waals surface area contributed by atoms with Crippen LogP contribution in [0.25, 0.3) is 0 Å². The molecular formula is C90H147NO8. The van der Waals surface area contributed by atoms with E-state index in [1.54, 1.807) is 0 Å². The lowest BCUT2D eigenvalue weighted by atomic mass is 10.0. The van der Waals surface area contributed by atoms with Crippen LogP contribution in [-0.4, -0.2) is 82.3 Å². The van der Waals surface area contributed by atoms with E-state index in [2.05, 4.69) is 196 Å². The highest BCUT2D eigenvalue weighted by molar-refractivity contribution is 5.70. The van der Waals surface area contributed by atoms with Gasteiger partial charge < -0.3 is 33.3 Å². The summed E-state index contributed by atoms with van der Waals surface area (Å²) in [5, 5.41) is 11.9. The third-order valence-electron chi connectivity index (χ3n) is 16.6. The standard InChI is InChI=1S/C90H147NO8/c1-6-8-10-12-14-16-18-20-22-24-26-28-30-32-34-36-38-40-41-42-43-44-45-46-47-49-51-53-55-57-59-61-63-65-67-69-71-73-75-77-79-81-88(93)99-86(85-98-90(89(94)95)96-83-82-91(3,4)5)84-97-87(92)80-78-76-74-72-70-68-66-64-62-60-58-56-54-52-50-48-39-37-35-33-31-29-27-25-23-21-19-17-15-13-11-9-7-2/h8-11,14-17,20-23,26-29,32-35,38-40,42-43,45-46,48,52,54,86,90H,6-7,12-13,18-19,24-25,30-31,36-37,41,44,47,49-51,53,55-85H2,1-5H3/b10-8-,11-9-,16-14-,17-15-,22-20-,23-21-,28-26-,29-27-,34-32-,35-33-,40-38-,43-42-,46-45-,48-39-,54-52-.